The van der Waals surface area contributed by atoms with E-state index < -0.39 is 30.3 Å². The van der Waals surface area contributed by atoms with Crippen molar-refractivity contribution >= 4 is 0 Å². The van der Waals surface area contributed by atoms with Crippen LogP contribution in [0.1, 0.15) is 91.4 Å². The lowest BCUT2D eigenvalue weighted by molar-refractivity contribution is -0.154. The molecular weight excluding hydrogens is 522 g/mol. The molecule has 1 aliphatic carbocycles. The van der Waals surface area contributed by atoms with Crippen LogP contribution in [0.2, 0.25) is 0 Å². The van der Waals surface area contributed by atoms with Crippen molar-refractivity contribution in [1.29, 1.82) is 0 Å². The number of fused-ring (bicyclic) bond motifs is 1. The number of aromatic hydroxyl groups is 3. The molecule has 5 rings (SSSR count). The lowest BCUT2D eigenvalue weighted by Crippen LogP contribution is -2.44. The number of aliphatic hydroxyl groups is 2. The molecular formula is C33H43NO7. The van der Waals surface area contributed by atoms with Crippen molar-refractivity contribution in [2.75, 3.05) is 7.11 Å². The predicted molar refractivity (Wildman–Crippen MR) is 155 cm³/mol. The second-order valence-corrected chi connectivity index (χ2v) is 12.1. The lowest BCUT2D eigenvalue weighted by Gasteiger charge is -2.45. The first-order chi connectivity index (χ1) is 19.7. The number of H-pyrrole nitrogens is 1. The Balaban J connectivity index is 1.46. The number of hydrogen-bond donors (Lipinski definition) is 6. The van der Waals surface area contributed by atoms with Gasteiger partial charge in [-0.2, -0.15) is 0 Å². The Morgan fingerprint density at radius 1 is 1.05 bits per heavy atom. The van der Waals surface area contributed by atoms with Crippen molar-refractivity contribution in [3.8, 4) is 23.0 Å². The van der Waals surface area contributed by atoms with Gasteiger partial charge in [0.1, 0.15) is 5.75 Å². The molecule has 6 N–H and O–H groups in total. The van der Waals surface area contributed by atoms with Crippen LogP contribution >= 0.6 is 0 Å². The highest BCUT2D eigenvalue weighted by molar-refractivity contribution is 5.64. The number of aromatic amines is 1. The van der Waals surface area contributed by atoms with Gasteiger partial charge in [-0.15, -0.1) is 0 Å². The summed E-state index contributed by atoms with van der Waals surface area (Å²) in [5.74, 6) is 0.371. The molecule has 0 amide bonds. The molecule has 2 aliphatic rings. The molecule has 222 valence electrons. The SMILES string of the molecule is COc1c(O)c(O)c(CO)c(C2CC(O)C3CCC(c4ccc(O)c(CCC(C)C)c4)CC3O2)c1Cc1cc[nH]c1. The van der Waals surface area contributed by atoms with Crippen LogP contribution in [0.5, 0.6) is 23.0 Å². The van der Waals surface area contributed by atoms with E-state index in [1.165, 1.54) is 12.7 Å². The number of aromatic nitrogens is 1. The smallest absolute Gasteiger partial charge is 0.201 e. The first kappa shape index (κ1) is 29.3. The third-order valence-electron chi connectivity index (χ3n) is 9.07. The van der Waals surface area contributed by atoms with Gasteiger partial charge in [-0.1, -0.05) is 26.0 Å². The van der Waals surface area contributed by atoms with Gasteiger partial charge in [0, 0.05) is 42.3 Å². The Labute approximate surface area is 241 Å². The molecule has 3 aromatic rings. The van der Waals surface area contributed by atoms with Crippen LogP contribution in [-0.2, 0) is 24.2 Å². The van der Waals surface area contributed by atoms with Gasteiger partial charge in [0.25, 0.3) is 0 Å². The summed E-state index contributed by atoms with van der Waals surface area (Å²) in [7, 11) is 1.43. The minimum atomic E-state index is -0.616. The monoisotopic (exact) mass is 565 g/mol. The van der Waals surface area contributed by atoms with E-state index in [0.29, 0.717) is 35.6 Å². The highest BCUT2D eigenvalue weighted by Crippen LogP contribution is 2.52. The quantitative estimate of drug-likeness (QED) is 0.186. The summed E-state index contributed by atoms with van der Waals surface area (Å²) >= 11 is 0. The van der Waals surface area contributed by atoms with Crippen LogP contribution in [0.25, 0.3) is 0 Å². The second-order valence-electron chi connectivity index (χ2n) is 12.1. The van der Waals surface area contributed by atoms with Crippen LogP contribution in [0.3, 0.4) is 0 Å². The van der Waals surface area contributed by atoms with Crippen LogP contribution in [-0.4, -0.2) is 49.8 Å². The maximum Gasteiger partial charge on any atom is 0.201 e. The third kappa shape index (κ3) is 5.92. The standard InChI is InChI=1S/C33H43NO7/c1-18(2)4-5-22-13-20(7-9-26(22)36)21-6-8-23-27(37)15-29(41-28(23)14-21)30-24(12-19-10-11-34-16-19)33(40-3)32(39)31(38)25(30)17-35/h7,9-11,13,16,18,21,23,27-29,34-39H,4-6,8,12,14-15,17H2,1-3H3. The van der Waals surface area contributed by atoms with E-state index in [-0.39, 0.29) is 29.3 Å². The zero-order valence-electron chi connectivity index (χ0n) is 24.1. The van der Waals surface area contributed by atoms with Gasteiger partial charge >= 0.3 is 0 Å². The first-order valence-corrected chi connectivity index (χ1v) is 14.7. The number of aliphatic hydroxyl groups excluding tert-OH is 2. The number of nitrogens with one attached hydrogen (secondary N) is 1. The molecule has 41 heavy (non-hydrogen) atoms. The Morgan fingerprint density at radius 2 is 1.85 bits per heavy atom. The number of ether oxygens (including phenoxy) is 2. The summed E-state index contributed by atoms with van der Waals surface area (Å²) in [6, 6.07) is 7.83. The molecule has 8 heteroatoms. The van der Waals surface area contributed by atoms with E-state index in [0.717, 1.165) is 43.2 Å². The number of aryl methyl sites for hydroxylation is 1. The van der Waals surface area contributed by atoms with Gasteiger partial charge in [0.05, 0.1) is 32.0 Å². The Morgan fingerprint density at radius 3 is 2.54 bits per heavy atom. The minimum Gasteiger partial charge on any atom is -0.508 e. The fraction of sp³-hybridized carbons (Fsp3) is 0.515. The van der Waals surface area contributed by atoms with Crippen LogP contribution in [0, 0.1) is 11.8 Å². The number of phenolic OH excluding ortho intramolecular Hbond substituents is 2. The predicted octanol–water partition coefficient (Wildman–Crippen LogP) is 5.59. The van der Waals surface area contributed by atoms with Gasteiger partial charge in [-0.05, 0) is 78.3 Å². The first-order valence-electron chi connectivity index (χ1n) is 14.7. The van der Waals surface area contributed by atoms with Gasteiger partial charge in [0.2, 0.25) is 5.75 Å². The summed E-state index contributed by atoms with van der Waals surface area (Å²) in [6.45, 7) is 3.86. The average Bonchev–Trinajstić information content (AvgIpc) is 3.47. The summed E-state index contributed by atoms with van der Waals surface area (Å²) in [5.41, 5.74) is 4.43. The maximum absolute atomic E-state index is 11.3. The van der Waals surface area contributed by atoms with E-state index >= 15 is 0 Å². The zero-order valence-corrected chi connectivity index (χ0v) is 24.1. The van der Waals surface area contributed by atoms with E-state index in [9.17, 15) is 25.5 Å². The van der Waals surface area contributed by atoms with Crippen LogP contribution in [0.4, 0.5) is 0 Å². The number of phenols is 3. The van der Waals surface area contributed by atoms with Crippen molar-refractivity contribution in [2.45, 2.75) is 89.6 Å². The molecule has 2 heterocycles. The van der Waals surface area contributed by atoms with Gasteiger partial charge in [0.15, 0.2) is 11.5 Å². The molecule has 2 fully saturated rings. The molecule has 1 saturated carbocycles. The number of hydrogen-bond acceptors (Lipinski definition) is 7. The number of methoxy groups -OCH3 is 1. The molecule has 0 bridgehead atoms. The molecule has 0 spiro atoms. The average molecular weight is 566 g/mol. The third-order valence-corrected chi connectivity index (χ3v) is 9.07. The van der Waals surface area contributed by atoms with Crippen molar-refractivity contribution in [3.05, 3.63) is 70.0 Å². The second kappa shape index (κ2) is 12.3. The summed E-state index contributed by atoms with van der Waals surface area (Å²) in [6.07, 6.45) is 7.17. The Bertz CT molecular complexity index is 1340. The number of rotatable bonds is 9. The van der Waals surface area contributed by atoms with Crippen molar-refractivity contribution in [3.63, 3.8) is 0 Å². The van der Waals surface area contributed by atoms with E-state index in [1.807, 2.05) is 18.3 Å². The van der Waals surface area contributed by atoms with Crippen molar-refractivity contribution < 1.29 is 35.0 Å². The van der Waals surface area contributed by atoms with Crippen LogP contribution in [0.15, 0.2) is 36.7 Å². The molecule has 5 atom stereocenters. The summed E-state index contributed by atoms with van der Waals surface area (Å²) in [4.78, 5) is 3.04. The zero-order chi connectivity index (χ0) is 29.3. The molecule has 1 aromatic heterocycles. The Hall–Kier alpha value is -3.20. The molecule has 8 nitrogen and oxygen atoms in total. The summed E-state index contributed by atoms with van der Waals surface area (Å²) in [5, 5.41) is 53.7. The van der Waals surface area contributed by atoms with Crippen molar-refractivity contribution in [2.24, 2.45) is 11.8 Å². The van der Waals surface area contributed by atoms with E-state index in [2.05, 4.69) is 24.9 Å². The minimum absolute atomic E-state index is 0.0154. The fourth-order valence-electron chi connectivity index (χ4n) is 6.84. The molecule has 0 radical (unpaired) electrons. The van der Waals surface area contributed by atoms with Gasteiger partial charge in [-0.3, -0.25) is 0 Å². The van der Waals surface area contributed by atoms with Gasteiger partial charge < -0.3 is 40.0 Å². The topological polar surface area (TPSA) is 135 Å². The maximum atomic E-state index is 11.3. The summed E-state index contributed by atoms with van der Waals surface area (Å²) < 4.78 is 12.3. The normalized spacial score (nSPS) is 24.4. The molecule has 1 aliphatic heterocycles. The van der Waals surface area contributed by atoms with E-state index in [1.54, 1.807) is 12.3 Å². The van der Waals surface area contributed by atoms with Gasteiger partial charge in [-0.25, -0.2) is 0 Å². The lowest BCUT2D eigenvalue weighted by atomic mass is 9.71. The largest absolute Gasteiger partial charge is 0.508 e. The van der Waals surface area contributed by atoms with Crippen LogP contribution < -0.4 is 4.74 Å². The fourth-order valence-corrected chi connectivity index (χ4v) is 6.84. The molecule has 2 aromatic carbocycles. The van der Waals surface area contributed by atoms with Crippen molar-refractivity contribution in [1.82, 2.24) is 4.98 Å². The van der Waals surface area contributed by atoms with E-state index in [4.69, 9.17) is 9.47 Å². The number of benzene rings is 2. The molecule has 5 unspecified atom stereocenters. The highest BCUT2D eigenvalue weighted by Gasteiger charge is 2.44. The molecule has 1 saturated heterocycles. The Kier molecular flexibility index (Phi) is 8.82. The highest BCUT2D eigenvalue weighted by atomic mass is 16.5.